The quantitative estimate of drug-likeness (QED) is 0.746. The monoisotopic (exact) mass is 216 g/mol. The fraction of sp³-hybridized carbons (Fsp3) is 0.500. The van der Waals surface area contributed by atoms with Crippen LogP contribution in [-0.4, -0.2) is 9.55 Å². The lowest BCUT2D eigenvalue weighted by Crippen LogP contribution is -2.00. The molecule has 0 radical (unpaired) electrons. The summed E-state index contributed by atoms with van der Waals surface area (Å²) in [5.41, 5.74) is 5.00. The molecule has 0 spiro atoms. The molecular weight excluding hydrogens is 196 g/mol. The highest BCUT2D eigenvalue weighted by Crippen LogP contribution is 2.27. The smallest absolute Gasteiger partial charge is 0.0887 e. The van der Waals surface area contributed by atoms with Gasteiger partial charge in [-0.25, -0.2) is 0 Å². The van der Waals surface area contributed by atoms with Gasteiger partial charge in [-0.3, -0.25) is 4.98 Å². The number of aromatic nitrogens is 2. The maximum atomic E-state index is 4.72. The minimum atomic E-state index is 0.488. The molecule has 0 bridgehead atoms. The van der Waals surface area contributed by atoms with Crippen molar-refractivity contribution in [1.29, 1.82) is 0 Å². The first-order chi connectivity index (χ1) is 7.50. The highest BCUT2D eigenvalue weighted by molar-refractivity contribution is 5.80. The van der Waals surface area contributed by atoms with Crippen LogP contribution in [0.25, 0.3) is 11.0 Å². The van der Waals surface area contributed by atoms with Crippen molar-refractivity contribution in [2.45, 2.75) is 39.5 Å². The van der Waals surface area contributed by atoms with E-state index in [9.17, 15) is 0 Å². The van der Waals surface area contributed by atoms with Gasteiger partial charge in [0.05, 0.1) is 11.0 Å². The highest BCUT2D eigenvalue weighted by atomic mass is 14.9. The summed E-state index contributed by atoms with van der Waals surface area (Å²) >= 11 is 0. The molecule has 0 aliphatic carbocycles. The minimum Gasteiger partial charge on any atom is -0.349 e. The molecule has 86 valence electrons. The van der Waals surface area contributed by atoms with Gasteiger partial charge in [0, 0.05) is 18.9 Å². The second kappa shape index (κ2) is 3.93. The van der Waals surface area contributed by atoms with Crippen LogP contribution in [0, 0.1) is 0 Å². The zero-order valence-electron chi connectivity index (χ0n) is 10.8. The predicted molar refractivity (Wildman–Crippen MR) is 68.9 cm³/mol. The van der Waals surface area contributed by atoms with Crippen molar-refractivity contribution in [3.8, 4) is 0 Å². The number of pyridine rings is 1. The lowest BCUT2D eigenvalue weighted by atomic mass is 9.98. The van der Waals surface area contributed by atoms with Crippen molar-refractivity contribution >= 4 is 11.0 Å². The van der Waals surface area contributed by atoms with Crippen LogP contribution >= 0.6 is 0 Å². The molecule has 2 aromatic heterocycles. The first kappa shape index (κ1) is 11.2. The SMILES string of the molecule is CC(C)c1cc(C(C)C)c2c(ccn2C)n1. The van der Waals surface area contributed by atoms with Crippen molar-refractivity contribution in [3.63, 3.8) is 0 Å². The lowest BCUT2D eigenvalue weighted by Gasteiger charge is -2.13. The molecule has 2 aromatic rings. The van der Waals surface area contributed by atoms with Crippen LogP contribution in [0.2, 0.25) is 0 Å². The Morgan fingerprint density at radius 1 is 1.12 bits per heavy atom. The molecule has 0 fully saturated rings. The summed E-state index contributed by atoms with van der Waals surface area (Å²) < 4.78 is 2.17. The summed E-state index contributed by atoms with van der Waals surface area (Å²) in [5.74, 6) is 1.03. The summed E-state index contributed by atoms with van der Waals surface area (Å²) in [6.45, 7) is 8.88. The Hall–Kier alpha value is -1.31. The molecule has 0 atom stereocenters. The number of aryl methyl sites for hydroxylation is 1. The summed E-state index contributed by atoms with van der Waals surface area (Å²) in [6.07, 6.45) is 2.09. The highest BCUT2D eigenvalue weighted by Gasteiger charge is 2.13. The lowest BCUT2D eigenvalue weighted by molar-refractivity contribution is 0.805. The van der Waals surface area contributed by atoms with Crippen LogP contribution in [0.1, 0.15) is 50.8 Å². The van der Waals surface area contributed by atoms with Crippen molar-refractivity contribution < 1.29 is 0 Å². The van der Waals surface area contributed by atoms with Gasteiger partial charge in [0.1, 0.15) is 0 Å². The Morgan fingerprint density at radius 2 is 1.81 bits per heavy atom. The average Bonchev–Trinajstić information content (AvgIpc) is 2.59. The van der Waals surface area contributed by atoms with E-state index in [0.717, 1.165) is 5.52 Å². The van der Waals surface area contributed by atoms with Gasteiger partial charge in [-0.15, -0.1) is 0 Å². The Kier molecular flexibility index (Phi) is 2.75. The molecular formula is C14H20N2. The number of rotatable bonds is 2. The minimum absolute atomic E-state index is 0.488. The van der Waals surface area contributed by atoms with E-state index >= 15 is 0 Å². The topological polar surface area (TPSA) is 17.8 Å². The predicted octanol–water partition coefficient (Wildman–Crippen LogP) is 3.82. The van der Waals surface area contributed by atoms with E-state index < -0.39 is 0 Å². The zero-order chi connectivity index (χ0) is 11.9. The van der Waals surface area contributed by atoms with E-state index in [1.165, 1.54) is 16.8 Å². The summed E-state index contributed by atoms with van der Waals surface area (Å²) in [7, 11) is 2.09. The van der Waals surface area contributed by atoms with Gasteiger partial charge in [0.15, 0.2) is 0 Å². The molecule has 0 N–H and O–H groups in total. The molecule has 0 aliphatic rings. The Morgan fingerprint density at radius 3 is 2.38 bits per heavy atom. The molecule has 0 unspecified atom stereocenters. The van der Waals surface area contributed by atoms with Gasteiger partial charge >= 0.3 is 0 Å². The first-order valence-electron chi connectivity index (χ1n) is 5.96. The standard InChI is InChI=1S/C14H20N2/c1-9(2)11-8-13(10(3)4)15-12-6-7-16(5)14(11)12/h6-10H,1-5H3. The maximum absolute atomic E-state index is 4.72. The zero-order valence-corrected chi connectivity index (χ0v) is 10.8. The second-order valence-electron chi connectivity index (χ2n) is 5.11. The molecule has 0 saturated carbocycles. The fourth-order valence-corrected chi connectivity index (χ4v) is 2.09. The van der Waals surface area contributed by atoms with Crippen molar-refractivity contribution in [3.05, 3.63) is 29.6 Å². The van der Waals surface area contributed by atoms with E-state index in [-0.39, 0.29) is 0 Å². The van der Waals surface area contributed by atoms with Gasteiger partial charge in [-0.05, 0) is 29.5 Å². The molecule has 0 aromatic carbocycles. The molecule has 16 heavy (non-hydrogen) atoms. The van der Waals surface area contributed by atoms with Crippen molar-refractivity contribution in [2.24, 2.45) is 7.05 Å². The summed E-state index contributed by atoms with van der Waals surface area (Å²) in [6, 6.07) is 4.37. The van der Waals surface area contributed by atoms with Gasteiger partial charge in [-0.2, -0.15) is 0 Å². The van der Waals surface area contributed by atoms with Crippen molar-refractivity contribution in [2.75, 3.05) is 0 Å². The Balaban J connectivity index is 2.76. The van der Waals surface area contributed by atoms with Gasteiger partial charge < -0.3 is 4.57 Å². The third kappa shape index (κ3) is 1.73. The molecule has 2 nitrogen and oxygen atoms in total. The summed E-state index contributed by atoms with van der Waals surface area (Å²) in [5, 5.41) is 0. The number of hydrogen-bond donors (Lipinski definition) is 0. The van der Waals surface area contributed by atoms with Crippen LogP contribution in [0.15, 0.2) is 18.3 Å². The molecule has 2 heteroatoms. The van der Waals surface area contributed by atoms with Crippen LogP contribution in [0.3, 0.4) is 0 Å². The van der Waals surface area contributed by atoms with Crippen molar-refractivity contribution in [1.82, 2.24) is 9.55 Å². The molecule has 0 amide bonds. The number of hydrogen-bond acceptors (Lipinski definition) is 1. The largest absolute Gasteiger partial charge is 0.349 e. The molecule has 0 saturated heterocycles. The van der Waals surface area contributed by atoms with E-state index in [2.05, 4.69) is 57.6 Å². The normalized spacial score (nSPS) is 11.9. The fourth-order valence-electron chi connectivity index (χ4n) is 2.09. The molecule has 2 heterocycles. The van der Waals surface area contributed by atoms with Crippen LogP contribution in [0.5, 0.6) is 0 Å². The van der Waals surface area contributed by atoms with E-state index in [4.69, 9.17) is 4.98 Å². The van der Waals surface area contributed by atoms with Crippen LogP contribution in [0.4, 0.5) is 0 Å². The Bertz CT molecular complexity index is 507. The average molecular weight is 216 g/mol. The second-order valence-corrected chi connectivity index (χ2v) is 5.11. The number of fused-ring (bicyclic) bond motifs is 1. The van der Waals surface area contributed by atoms with Crippen LogP contribution < -0.4 is 0 Å². The number of nitrogens with zero attached hydrogens (tertiary/aromatic N) is 2. The third-order valence-electron chi connectivity index (χ3n) is 3.09. The van der Waals surface area contributed by atoms with E-state index in [1.807, 2.05) is 0 Å². The maximum Gasteiger partial charge on any atom is 0.0887 e. The summed E-state index contributed by atoms with van der Waals surface area (Å²) in [4.78, 5) is 4.72. The molecule has 0 aliphatic heterocycles. The van der Waals surface area contributed by atoms with Gasteiger partial charge in [-0.1, -0.05) is 27.7 Å². The molecule has 2 rings (SSSR count). The Labute approximate surface area is 97.3 Å². The van der Waals surface area contributed by atoms with Gasteiger partial charge in [0.2, 0.25) is 0 Å². The van der Waals surface area contributed by atoms with Gasteiger partial charge in [0.25, 0.3) is 0 Å². The van der Waals surface area contributed by atoms with E-state index in [1.54, 1.807) is 0 Å². The van der Waals surface area contributed by atoms with E-state index in [0.29, 0.717) is 11.8 Å². The third-order valence-corrected chi connectivity index (χ3v) is 3.09. The van der Waals surface area contributed by atoms with Crippen LogP contribution in [-0.2, 0) is 7.05 Å². The first-order valence-corrected chi connectivity index (χ1v) is 5.96.